The van der Waals surface area contributed by atoms with E-state index < -0.39 is 0 Å². The van der Waals surface area contributed by atoms with Gasteiger partial charge in [-0.25, -0.2) is 4.39 Å². The van der Waals surface area contributed by atoms with E-state index in [2.05, 4.69) is 45.7 Å². The summed E-state index contributed by atoms with van der Waals surface area (Å²) in [6.45, 7) is 4.64. The van der Waals surface area contributed by atoms with Gasteiger partial charge in [-0.15, -0.1) is 0 Å². The van der Waals surface area contributed by atoms with Gasteiger partial charge in [-0.05, 0) is 55.0 Å². The van der Waals surface area contributed by atoms with Gasteiger partial charge >= 0.3 is 5.97 Å². The molecule has 0 radical (unpaired) electrons. The standard InChI is InChI=1S/C23H27FINO3/c1-2-28-23(27)10-8-18-7-9-20(15-21(18)24)29-16-17-5-6-19-4-3-12-26(13-11-25)22(19)14-17/h5-7,9,14-15H,2-4,8,10-13,16H2,1H3. The summed E-state index contributed by atoms with van der Waals surface area (Å²) in [7, 11) is 0. The second kappa shape index (κ2) is 10.8. The first-order valence-corrected chi connectivity index (χ1v) is 11.6. The molecule has 156 valence electrons. The van der Waals surface area contributed by atoms with Crippen LogP contribution in [0.25, 0.3) is 0 Å². The van der Waals surface area contributed by atoms with Crippen LogP contribution in [-0.2, 0) is 29.0 Å². The van der Waals surface area contributed by atoms with E-state index in [1.54, 1.807) is 19.1 Å². The average molecular weight is 511 g/mol. The first-order chi connectivity index (χ1) is 14.1. The lowest BCUT2D eigenvalue weighted by Gasteiger charge is -2.31. The Labute approximate surface area is 185 Å². The molecule has 0 aliphatic carbocycles. The summed E-state index contributed by atoms with van der Waals surface area (Å²) in [5, 5.41) is 0. The molecular weight excluding hydrogens is 484 g/mol. The largest absolute Gasteiger partial charge is 0.489 e. The number of halogens is 2. The summed E-state index contributed by atoms with van der Waals surface area (Å²) < 4.78 is 26.1. The Bertz CT molecular complexity index is 843. The number of anilines is 1. The van der Waals surface area contributed by atoms with Crippen LogP contribution in [0.2, 0.25) is 0 Å². The molecule has 2 aromatic carbocycles. The van der Waals surface area contributed by atoms with Crippen molar-refractivity contribution in [3.8, 4) is 5.75 Å². The van der Waals surface area contributed by atoms with Crippen LogP contribution in [0.1, 0.15) is 36.5 Å². The topological polar surface area (TPSA) is 38.8 Å². The van der Waals surface area contributed by atoms with Crippen LogP contribution in [0.5, 0.6) is 5.75 Å². The maximum Gasteiger partial charge on any atom is 0.306 e. The van der Waals surface area contributed by atoms with Gasteiger partial charge in [-0.1, -0.05) is 40.8 Å². The van der Waals surface area contributed by atoms with Gasteiger partial charge in [-0.3, -0.25) is 4.79 Å². The molecule has 0 saturated carbocycles. The molecule has 0 spiro atoms. The first kappa shape index (κ1) is 21.9. The zero-order valence-electron chi connectivity index (χ0n) is 16.8. The van der Waals surface area contributed by atoms with Crippen LogP contribution in [-0.4, -0.2) is 30.1 Å². The molecule has 1 aliphatic heterocycles. The lowest BCUT2D eigenvalue weighted by molar-refractivity contribution is -0.143. The number of ether oxygens (including phenoxy) is 2. The van der Waals surface area contributed by atoms with E-state index in [9.17, 15) is 9.18 Å². The van der Waals surface area contributed by atoms with Gasteiger partial charge in [0.25, 0.3) is 0 Å². The van der Waals surface area contributed by atoms with E-state index in [1.165, 1.54) is 23.7 Å². The number of benzene rings is 2. The molecule has 4 nitrogen and oxygen atoms in total. The third-order valence-electron chi connectivity index (χ3n) is 5.05. The quantitative estimate of drug-likeness (QED) is 0.267. The molecule has 0 atom stereocenters. The van der Waals surface area contributed by atoms with E-state index in [4.69, 9.17) is 9.47 Å². The fraction of sp³-hybridized carbons (Fsp3) is 0.435. The molecule has 0 fully saturated rings. The number of rotatable bonds is 9. The molecule has 0 amide bonds. The van der Waals surface area contributed by atoms with E-state index in [0.29, 0.717) is 30.9 Å². The zero-order chi connectivity index (χ0) is 20.6. The Morgan fingerprint density at radius 2 is 2.10 bits per heavy atom. The van der Waals surface area contributed by atoms with E-state index in [1.807, 2.05) is 0 Å². The van der Waals surface area contributed by atoms with E-state index in [-0.39, 0.29) is 18.2 Å². The SMILES string of the molecule is CCOC(=O)CCc1ccc(OCc2ccc3c(c2)N(CCI)CCC3)cc1F. The summed E-state index contributed by atoms with van der Waals surface area (Å²) in [6.07, 6.45) is 2.81. The van der Waals surface area contributed by atoms with Crippen LogP contribution in [0.4, 0.5) is 10.1 Å². The fourth-order valence-corrected chi connectivity index (χ4v) is 4.16. The molecule has 6 heteroatoms. The zero-order valence-corrected chi connectivity index (χ0v) is 18.9. The van der Waals surface area contributed by atoms with Crippen molar-refractivity contribution >= 4 is 34.2 Å². The number of hydrogen-bond donors (Lipinski definition) is 0. The van der Waals surface area contributed by atoms with Crippen LogP contribution >= 0.6 is 22.6 Å². The summed E-state index contributed by atoms with van der Waals surface area (Å²) in [5.41, 5.74) is 4.26. The normalized spacial score (nSPS) is 13.1. The van der Waals surface area contributed by atoms with Crippen molar-refractivity contribution in [1.29, 1.82) is 0 Å². The van der Waals surface area contributed by atoms with Crippen molar-refractivity contribution in [2.75, 3.05) is 29.0 Å². The van der Waals surface area contributed by atoms with Crippen molar-refractivity contribution < 1.29 is 18.7 Å². The minimum absolute atomic E-state index is 0.174. The van der Waals surface area contributed by atoms with Crippen LogP contribution in [0.15, 0.2) is 36.4 Å². The smallest absolute Gasteiger partial charge is 0.306 e. The van der Waals surface area contributed by atoms with Crippen LogP contribution in [0, 0.1) is 5.82 Å². The Hall–Kier alpha value is -1.83. The lowest BCUT2D eigenvalue weighted by Crippen LogP contribution is -2.31. The Morgan fingerprint density at radius 3 is 2.86 bits per heavy atom. The van der Waals surface area contributed by atoms with Gasteiger partial charge in [0.05, 0.1) is 6.61 Å². The summed E-state index contributed by atoms with van der Waals surface area (Å²) >= 11 is 2.41. The highest BCUT2D eigenvalue weighted by Crippen LogP contribution is 2.29. The molecule has 1 aliphatic rings. The molecule has 29 heavy (non-hydrogen) atoms. The summed E-state index contributed by atoms with van der Waals surface area (Å²) in [5.74, 6) is -0.175. The maximum atomic E-state index is 14.3. The van der Waals surface area contributed by atoms with Crippen molar-refractivity contribution in [3.63, 3.8) is 0 Å². The average Bonchev–Trinajstić information content (AvgIpc) is 2.72. The maximum absolute atomic E-state index is 14.3. The number of esters is 1. The lowest BCUT2D eigenvalue weighted by atomic mass is 10.00. The number of nitrogens with zero attached hydrogens (tertiary/aromatic N) is 1. The number of aryl methyl sites for hydroxylation is 2. The molecule has 0 N–H and O–H groups in total. The van der Waals surface area contributed by atoms with Gasteiger partial charge in [0, 0.05) is 35.7 Å². The van der Waals surface area contributed by atoms with Gasteiger partial charge in [-0.2, -0.15) is 0 Å². The minimum Gasteiger partial charge on any atom is -0.489 e. The Kier molecular flexibility index (Phi) is 8.15. The molecule has 0 saturated heterocycles. The molecule has 3 rings (SSSR count). The van der Waals surface area contributed by atoms with Crippen molar-refractivity contribution in [2.24, 2.45) is 0 Å². The second-order valence-electron chi connectivity index (χ2n) is 7.09. The van der Waals surface area contributed by atoms with Crippen LogP contribution < -0.4 is 9.64 Å². The van der Waals surface area contributed by atoms with Gasteiger partial charge in [0.1, 0.15) is 18.2 Å². The predicted molar refractivity (Wildman–Crippen MR) is 122 cm³/mol. The molecular formula is C23H27FINO3. The highest BCUT2D eigenvalue weighted by Gasteiger charge is 2.17. The van der Waals surface area contributed by atoms with Crippen molar-refractivity contribution in [1.82, 2.24) is 0 Å². The minimum atomic E-state index is -0.356. The van der Waals surface area contributed by atoms with E-state index in [0.717, 1.165) is 29.5 Å². The highest BCUT2D eigenvalue weighted by molar-refractivity contribution is 14.1. The van der Waals surface area contributed by atoms with E-state index >= 15 is 0 Å². The van der Waals surface area contributed by atoms with Crippen molar-refractivity contribution in [2.45, 2.75) is 39.2 Å². The fourth-order valence-electron chi connectivity index (χ4n) is 3.58. The highest BCUT2D eigenvalue weighted by atomic mass is 127. The Morgan fingerprint density at radius 1 is 1.24 bits per heavy atom. The van der Waals surface area contributed by atoms with Gasteiger partial charge < -0.3 is 14.4 Å². The Balaban J connectivity index is 1.61. The van der Waals surface area contributed by atoms with Crippen LogP contribution in [0.3, 0.4) is 0 Å². The van der Waals surface area contributed by atoms with Gasteiger partial charge in [0.15, 0.2) is 0 Å². The number of carbonyl (C=O) groups excluding carboxylic acids is 1. The number of carbonyl (C=O) groups is 1. The van der Waals surface area contributed by atoms with Crippen molar-refractivity contribution in [3.05, 3.63) is 58.9 Å². The third kappa shape index (κ3) is 6.07. The molecule has 0 aromatic heterocycles. The predicted octanol–water partition coefficient (Wildman–Crippen LogP) is 5.09. The summed E-state index contributed by atoms with van der Waals surface area (Å²) in [4.78, 5) is 13.9. The third-order valence-corrected chi connectivity index (χ3v) is 5.54. The number of alkyl halides is 1. The summed E-state index contributed by atoms with van der Waals surface area (Å²) in [6, 6.07) is 11.3. The number of fused-ring (bicyclic) bond motifs is 1. The monoisotopic (exact) mass is 511 g/mol. The molecule has 0 bridgehead atoms. The molecule has 1 heterocycles. The van der Waals surface area contributed by atoms with Gasteiger partial charge in [0.2, 0.25) is 0 Å². The first-order valence-electron chi connectivity index (χ1n) is 10.1. The molecule has 2 aromatic rings. The number of hydrogen-bond acceptors (Lipinski definition) is 4. The second-order valence-corrected chi connectivity index (χ2v) is 8.17. The molecule has 0 unspecified atom stereocenters.